The van der Waals surface area contributed by atoms with E-state index in [1.807, 2.05) is 0 Å². The third-order valence-electron chi connectivity index (χ3n) is 3.07. The number of allylic oxidation sites excluding steroid dienone is 4. The van der Waals surface area contributed by atoms with Crippen molar-refractivity contribution in [1.29, 1.82) is 0 Å². The summed E-state index contributed by atoms with van der Waals surface area (Å²) in [4.78, 5) is 0. The minimum atomic E-state index is -0.353. The molecule has 1 aliphatic carbocycles. The standard InChI is InChI=1S/C17H15P.Li.H/c1-3-9-15(10-4-1)18(17-13-7-8-14-17)16-11-5-2-6-12-16;;/h1-13H,14H2;;/q;+1;-1. The van der Waals surface area contributed by atoms with Gasteiger partial charge in [0.05, 0.1) is 0 Å². The van der Waals surface area contributed by atoms with Gasteiger partial charge in [-0.2, -0.15) is 0 Å². The van der Waals surface area contributed by atoms with Gasteiger partial charge < -0.3 is 1.43 Å². The molecule has 0 aromatic heterocycles. The van der Waals surface area contributed by atoms with Crippen LogP contribution in [0.3, 0.4) is 0 Å². The van der Waals surface area contributed by atoms with Gasteiger partial charge in [-0.15, -0.1) is 0 Å². The first-order chi connectivity index (χ1) is 8.95. The Kier molecular flexibility index (Phi) is 5.23. The summed E-state index contributed by atoms with van der Waals surface area (Å²) >= 11 is 0. The average Bonchev–Trinajstić information content (AvgIpc) is 2.95. The number of rotatable bonds is 3. The molecule has 0 radical (unpaired) electrons. The summed E-state index contributed by atoms with van der Waals surface area (Å²) in [5.41, 5.74) is 0. The van der Waals surface area contributed by atoms with E-state index in [-0.39, 0.29) is 28.2 Å². The van der Waals surface area contributed by atoms with E-state index in [0.29, 0.717) is 0 Å². The van der Waals surface area contributed by atoms with Gasteiger partial charge in [0.15, 0.2) is 0 Å². The summed E-state index contributed by atoms with van der Waals surface area (Å²) in [6.07, 6.45) is 7.80. The molecule has 0 nitrogen and oxygen atoms in total. The summed E-state index contributed by atoms with van der Waals surface area (Å²) in [6, 6.07) is 21.7. The molecule has 19 heavy (non-hydrogen) atoms. The van der Waals surface area contributed by atoms with E-state index < -0.39 is 0 Å². The normalized spacial score (nSPS) is 13.2. The fraction of sp³-hybridized carbons (Fsp3) is 0.0588. The van der Waals surface area contributed by atoms with Crippen LogP contribution < -0.4 is 29.5 Å². The van der Waals surface area contributed by atoms with Crippen LogP contribution in [-0.2, 0) is 0 Å². The fourth-order valence-electron chi connectivity index (χ4n) is 2.24. The van der Waals surface area contributed by atoms with Crippen LogP contribution in [0, 0.1) is 0 Å². The van der Waals surface area contributed by atoms with E-state index in [2.05, 4.69) is 78.9 Å². The van der Waals surface area contributed by atoms with E-state index in [9.17, 15) is 0 Å². The Bertz CT molecular complexity index is 539. The Hall–Kier alpha value is -1.05. The Morgan fingerprint density at radius 1 is 0.789 bits per heavy atom. The second-order valence-corrected chi connectivity index (χ2v) is 6.57. The molecule has 0 saturated heterocycles. The van der Waals surface area contributed by atoms with E-state index in [4.69, 9.17) is 0 Å². The zero-order chi connectivity index (χ0) is 12.2. The maximum absolute atomic E-state index is 2.28. The van der Waals surface area contributed by atoms with Crippen molar-refractivity contribution in [3.05, 3.63) is 84.2 Å². The van der Waals surface area contributed by atoms with E-state index >= 15 is 0 Å². The van der Waals surface area contributed by atoms with Crippen molar-refractivity contribution in [3.63, 3.8) is 0 Å². The molecule has 0 heterocycles. The number of hydrogen-bond donors (Lipinski definition) is 0. The summed E-state index contributed by atoms with van der Waals surface area (Å²) in [7, 11) is -0.353. The maximum atomic E-state index is 2.28. The zero-order valence-corrected chi connectivity index (χ0v) is 12.1. The van der Waals surface area contributed by atoms with Gasteiger partial charge in [0.1, 0.15) is 0 Å². The van der Waals surface area contributed by atoms with Crippen LogP contribution in [0.2, 0.25) is 0 Å². The number of benzene rings is 2. The Labute approximate surface area is 129 Å². The van der Waals surface area contributed by atoms with Crippen LogP contribution in [0.1, 0.15) is 7.85 Å². The smallest absolute Gasteiger partial charge is 1.00 e. The first kappa shape index (κ1) is 14.4. The Morgan fingerprint density at radius 3 is 1.74 bits per heavy atom. The van der Waals surface area contributed by atoms with Crippen molar-refractivity contribution in [2.45, 2.75) is 6.42 Å². The van der Waals surface area contributed by atoms with Gasteiger partial charge in [0.25, 0.3) is 0 Å². The first-order valence-corrected chi connectivity index (χ1v) is 7.55. The summed E-state index contributed by atoms with van der Waals surface area (Å²) in [5.74, 6) is 0. The SMILES string of the molecule is C1=CCC(P(c2ccccc2)c2ccccc2)=C1.[H-].[Li+]. The molecule has 0 spiro atoms. The topological polar surface area (TPSA) is 0 Å². The predicted octanol–water partition coefficient (Wildman–Crippen LogP) is 1.08. The predicted molar refractivity (Wildman–Crippen MR) is 82.0 cm³/mol. The quantitative estimate of drug-likeness (QED) is 0.571. The second kappa shape index (κ2) is 6.93. The molecule has 3 rings (SSSR count). The van der Waals surface area contributed by atoms with Crippen molar-refractivity contribution < 1.29 is 20.3 Å². The maximum Gasteiger partial charge on any atom is 1.00 e. The van der Waals surface area contributed by atoms with Crippen molar-refractivity contribution in [3.8, 4) is 0 Å². The third kappa shape index (κ3) is 3.29. The van der Waals surface area contributed by atoms with Crippen LogP contribution in [0.5, 0.6) is 0 Å². The van der Waals surface area contributed by atoms with Crippen LogP contribution in [-0.4, -0.2) is 0 Å². The van der Waals surface area contributed by atoms with Crippen molar-refractivity contribution >= 4 is 18.5 Å². The summed E-state index contributed by atoms with van der Waals surface area (Å²) in [5, 5.41) is 4.42. The monoisotopic (exact) mass is 258 g/mol. The molecule has 2 heteroatoms. The van der Waals surface area contributed by atoms with E-state index in [1.165, 1.54) is 10.6 Å². The molecule has 2 aromatic rings. The first-order valence-electron chi connectivity index (χ1n) is 6.21. The summed E-state index contributed by atoms with van der Waals surface area (Å²) < 4.78 is 0. The van der Waals surface area contributed by atoms with Crippen LogP contribution in [0.15, 0.2) is 84.2 Å². The Balaban J connectivity index is 0.000001000. The molecule has 0 atom stereocenters. The molecule has 0 N–H and O–H groups in total. The van der Waals surface area contributed by atoms with Crippen LogP contribution in [0.4, 0.5) is 0 Å². The minimum absolute atomic E-state index is 0. The molecule has 0 aliphatic heterocycles. The minimum Gasteiger partial charge on any atom is -1.00 e. The van der Waals surface area contributed by atoms with E-state index in [1.54, 1.807) is 5.31 Å². The van der Waals surface area contributed by atoms with Crippen molar-refractivity contribution in [2.75, 3.05) is 0 Å². The van der Waals surface area contributed by atoms with Crippen molar-refractivity contribution in [2.24, 2.45) is 0 Å². The molecule has 0 amide bonds. The van der Waals surface area contributed by atoms with Gasteiger partial charge in [-0.05, 0) is 30.3 Å². The molecular weight excluding hydrogens is 242 g/mol. The molecule has 0 fully saturated rings. The van der Waals surface area contributed by atoms with Gasteiger partial charge in [0.2, 0.25) is 0 Å². The van der Waals surface area contributed by atoms with E-state index in [0.717, 1.165) is 6.42 Å². The molecule has 90 valence electrons. The molecular formula is C17H16LiP. The van der Waals surface area contributed by atoms with Crippen LogP contribution in [0.25, 0.3) is 0 Å². The number of hydrogen-bond acceptors (Lipinski definition) is 0. The van der Waals surface area contributed by atoms with Crippen molar-refractivity contribution in [1.82, 2.24) is 0 Å². The van der Waals surface area contributed by atoms with Gasteiger partial charge in [-0.1, -0.05) is 78.9 Å². The molecule has 1 aliphatic rings. The van der Waals surface area contributed by atoms with Gasteiger partial charge >= 0.3 is 18.9 Å². The third-order valence-corrected chi connectivity index (χ3v) is 5.60. The fourth-order valence-corrected chi connectivity index (χ4v) is 4.66. The van der Waals surface area contributed by atoms with Crippen LogP contribution >= 0.6 is 7.92 Å². The molecule has 0 unspecified atom stereocenters. The molecule has 0 bridgehead atoms. The average molecular weight is 258 g/mol. The summed E-state index contributed by atoms with van der Waals surface area (Å²) in [6.45, 7) is 0. The van der Waals surface area contributed by atoms with Gasteiger partial charge in [-0.3, -0.25) is 0 Å². The largest absolute Gasteiger partial charge is 1.00 e. The second-order valence-electron chi connectivity index (χ2n) is 4.30. The Morgan fingerprint density at radius 2 is 1.32 bits per heavy atom. The molecule has 2 aromatic carbocycles. The zero-order valence-electron chi connectivity index (χ0n) is 12.2. The molecule has 0 saturated carbocycles. The van der Waals surface area contributed by atoms with Gasteiger partial charge in [0, 0.05) is 0 Å². The van der Waals surface area contributed by atoms with Gasteiger partial charge in [-0.25, -0.2) is 0 Å².